The molecular weight excluding hydrogens is 468 g/mol. The van der Waals surface area contributed by atoms with Crippen molar-refractivity contribution in [2.24, 2.45) is 16.7 Å². The zero-order chi connectivity index (χ0) is 25.2. The van der Waals surface area contributed by atoms with E-state index >= 15 is 0 Å². The number of rotatable bonds is 2. The van der Waals surface area contributed by atoms with Gasteiger partial charge in [-0.1, -0.05) is 31.2 Å². The molecule has 2 aromatic rings. The van der Waals surface area contributed by atoms with E-state index in [2.05, 4.69) is 53.2 Å². The van der Waals surface area contributed by atoms with Crippen molar-refractivity contribution < 1.29 is 9.47 Å². The van der Waals surface area contributed by atoms with Crippen LogP contribution in [0.25, 0.3) is 10.8 Å². The number of hydrogen-bond donors (Lipinski definition) is 0. The highest BCUT2D eigenvalue weighted by molar-refractivity contribution is 5.82. The predicted molar refractivity (Wildman–Crippen MR) is 149 cm³/mol. The van der Waals surface area contributed by atoms with Crippen LogP contribution in [0.2, 0.25) is 0 Å². The summed E-state index contributed by atoms with van der Waals surface area (Å²) in [6, 6.07) is 9.93. The van der Waals surface area contributed by atoms with E-state index < -0.39 is 0 Å². The zero-order valence-electron chi connectivity index (χ0n) is 22.8. The van der Waals surface area contributed by atoms with Crippen molar-refractivity contribution in [2.75, 3.05) is 26.3 Å². The Bertz CT molecular complexity index is 1390. The van der Waals surface area contributed by atoms with Crippen LogP contribution in [0.1, 0.15) is 76.2 Å². The summed E-state index contributed by atoms with van der Waals surface area (Å²) in [6.45, 7) is 7.05. The molecule has 2 bridgehead atoms. The van der Waals surface area contributed by atoms with Crippen molar-refractivity contribution in [1.82, 2.24) is 9.88 Å². The molecule has 4 heteroatoms. The average molecular weight is 509 g/mol. The topological polar surface area (TPSA) is 34.6 Å². The second-order valence-corrected chi connectivity index (χ2v) is 14.3. The summed E-state index contributed by atoms with van der Waals surface area (Å²) in [5, 5.41) is 2.56. The van der Waals surface area contributed by atoms with Gasteiger partial charge in [0.2, 0.25) is 0 Å². The van der Waals surface area contributed by atoms with Crippen molar-refractivity contribution in [3.8, 4) is 0 Å². The number of hydrogen-bond acceptors (Lipinski definition) is 4. The maximum absolute atomic E-state index is 7.60. The van der Waals surface area contributed by atoms with Crippen molar-refractivity contribution >= 4 is 10.8 Å². The number of benzene rings is 1. The number of likely N-dealkylation sites (tertiary alicyclic amines) is 1. The van der Waals surface area contributed by atoms with Crippen LogP contribution < -0.4 is 0 Å². The largest absolute Gasteiger partial charge is 0.380 e. The third kappa shape index (κ3) is 2.90. The zero-order valence-corrected chi connectivity index (χ0v) is 22.8. The Balaban J connectivity index is 1.03. The molecule has 38 heavy (non-hydrogen) atoms. The molecule has 3 aliphatic carbocycles. The number of allylic oxidation sites excluding steroid dienone is 1. The summed E-state index contributed by atoms with van der Waals surface area (Å²) in [7, 11) is 0. The lowest BCUT2D eigenvalue weighted by molar-refractivity contribution is -0.142. The summed E-state index contributed by atoms with van der Waals surface area (Å²) in [5.74, 6) is 1.18. The van der Waals surface area contributed by atoms with Gasteiger partial charge in [-0.25, -0.2) is 0 Å². The quantitative estimate of drug-likeness (QED) is 0.460. The molecule has 4 nitrogen and oxygen atoms in total. The molecule has 3 spiro atoms. The fraction of sp³-hybridized carbons (Fsp3) is 0.618. The van der Waals surface area contributed by atoms with Crippen molar-refractivity contribution in [3.05, 3.63) is 65.5 Å². The second-order valence-electron chi connectivity index (χ2n) is 14.3. The molecule has 7 aliphatic rings. The van der Waals surface area contributed by atoms with E-state index in [1.165, 1.54) is 92.8 Å². The second kappa shape index (κ2) is 7.59. The first-order valence-corrected chi connectivity index (χ1v) is 15.3. The van der Waals surface area contributed by atoms with Gasteiger partial charge in [0.15, 0.2) is 0 Å². The van der Waals surface area contributed by atoms with Gasteiger partial charge in [-0.15, -0.1) is 0 Å². The third-order valence-electron chi connectivity index (χ3n) is 12.5. The van der Waals surface area contributed by atoms with Crippen LogP contribution in [0, 0.1) is 16.7 Å². The Morgan fingerprint density at radius 1 is 1.03 bits per heavy atom. The van der Waals surface area contributed by atoms with Gasteiger partial charge in [-0.2, -0.15) is 0 Å². The highest BCUT2D eigenvalue weighted by Crippen LogP contribution is 2.69. The van der Waals surface area contributed by atoms with Crippen LogP contribution in [0.5, 0.6) is 0 Å². The molecule has 2 saturated carbocycles. The van der Waals surface area contributed by atoms with Crippen LogP contribution in [0.4, 0.5) is 0 Å². The standard InChI is InChI=1S/C34H40N2O2/c1-31-10-8-27-17-26-4-5-28(36-15-13-32(20-36)21-37-22-32)18-33(26)11-12-34(27,38-33)30(31)7-6-29(31)24-3-2-23-9-14-35-19-25(23)16-24/h2-3,8-9,14,16-17,19,28-30H,4-7,10-13,15,18,20-22H2,1H3. The lowest BCUT2D eigenvalue weighted by Gasteiger charge is -2.55. The van der Waals surface area contributed by atoms with Gasteiger partial charge >= 0.3 is 0 Å². The predicted octanol–water partition coefficient (Wildman–Crippen LogP) is 6.57. The van der Waals surface area contributed by atoms with Gasteiger partial charge in [0, 0.05) is 35.8 Å². The molecule has 0 amide bonds. The van der Waals surface area contributed by atoms with Crippen LogP contribution in [-0.2, 0) is 9.47 Å². The Hall–Kier alpha value is -2.01. The lowest BCUT2D eigenvalue weighted by Crippen LogP contribution is -2.55. The van der Waals surface area contributed by atoms with E-state index in [-0.39, 0.29) is 16.6 Å². The summed E-state index contributed by atoms with van der Waals surface area (Å²) in [5.41, 5.74) is 5.29. The Morgan fingerprint density at radius 3 is 2.84 bits per heavy atom. The molecule has 9 rings (SSSR count). The summed E-state index contributed by atoms with van der Waals surface area (Å²) in [4.78, 5) is 7.22. The summed E-state index contributed by atoms with van der Waals surface area (Å²) < 4.78 is 13.2. The minimum atomic E-state index is -0.0699. The first-order chi connectivity index (χ1) is 18.5. The molecule has 5 heterocycles. The SMILES string of the molecule is CC12CC=C3C=C4CCC(N5CCC6(COC6)C5)CC45CCC3(O5)C1CCC2c1ccc2ccncc2c1. The van der Waals surface area contributed by atoms with Gasteiger partial charge in [0.05, 0.1) is 24.4 Å². The third-order valence-corrected chi connectivity index (χ3v) is 12.5. The molecule has 5 fully saturated rings. The van der Waals surface area contributed by atoms with Crippen molar-refractivity contribution in [2.45, 2.75) is 87.9 Å². The van der Waals surface area contributed by atoms with E-state index in [0.29, 0.717) is 23.3 Å². The van der Waals surface area contributed by atoms with Crippen molar-refractivity contribution in [1.29, 1.82) is 0 Å². The molecule has 198 valence electrons. The fourth-order valence-electron chi connectivity index (χ4n) is 10.5. The maximum Gasteiger partial charge on any atom is 0.0974 e. The van der Waals surface area contributed by atoms with Gasteiger partial charge in [0.1, 0.15) is 0 Å². The molecule has 6 atom stereocenters. The van der Waals surface area contributed by atoms with E-state index in [0.717, 1.165) is 13.2 Å². The summed E-state index contributed by atoms with van der Waals surface area (Å²) in [6.07, 6.45) is 20.4. The molecule has 1 aromatic carbocycles. The Morgan fingerprint density at radius 2 is 1.97 bits per heavy atom. The smallest absolute Gasteiger partial charge is 0.0974 e. The van der Waals surface area contributed by atoms with Crippen LogP contribution in [0.15, 0.2) is 60.0 Å². The molecule has 0 N–H and O–H groups in total. The highest BCUT2D eigenvalue weighted by atomic mass is 16.5. The van der Waals surface area contributed by atoms with Crippen LogP contribution >= 0.6 is 0 Å². The van der Waals surface area contributed by atoms with Crippen LogP contribution in [0.3, 0.4) is 0 Å². The minimum Gasteiger partial charge on any atom is -0.380 e. The Kier molecular flexibility index (Phi) is 4.55. The number of fused-ring (bicyclic) bond motifs is 2. The highest BCUT2D eigenvalue weighted by Gasteiger charge is 2.67. The summed E-state index contributed by atoms with van der Waals surface area (Å²) >= 11 is 0. The Labute approximate surface area is 226 Å². The van der Waals surface area contributed by atoms with Gasteiger partial charge in [0.25, 0.3) is 0 Å². The maximum atomic E-state index is 7.60. The molecular formula is C34H40N2O2. The molecule has 1 aromatic heterocycles. The number of aromatic nitrogens is 1. The van der Waals surface area contributed by atoms with Gasteiger partial charge < -0.3 is 9.47 Å². The molecule has 4 aliphatic heterocycles. The first kappa shape index (κ1) is 22.8. The first-order valence-electron chi connectivity index (χ1n) is 15.3. The average Bonchev–Trinajstić information content (AvgIpc) is 3.61. The molecule has 3 saturated heterocycles. The van der Waals surface area contributed by atoms with E-state index in [1.807, 2.05) is 12.4 Å². The fourth-order valence-corrected chi connectivity index (χ4v) is 10.5. The number of nitrogens with zero attached hydrogens (tertiary/aromatic N) is 2. The number of pyridine rings is 1. The molecule has 6 unspecified atom stereocenters. The van der Waals surface area contributed by atoms with Gasteiger partial charge in [-0.3, -0.25) is 9.88 Å². The van der Waals surface area contributed by atoms with Crippen molar-refractivity contribution in [3.63, 3.8) is 0 Å². The van der Waals surface area contributed by atoms with E-state index in [9.17, 15) is 0 Å². The minimum absolute atomic E-state index is 0.0168. The molecule has 0 radical (unpaired) electrons. The van der Waals surface area contributed by atoms with Gasteiger partial charge in [-0.05, 0) is 116 Å². The monoisotopic (exact) mass is 508 g/mol. The lowest BCUT2D eigenvalue weighted by atomic mass is 9.58. The normalized spacial score (nSPS) is 42.8. The van der Waals surface area contributed by atoms with E-state index in [1.54, 1.807) is 5.57 Å². The number of ether oxygens (including phenoxy) is 2. The van der Waals surface area contributed by atoms with Crippen LogP contribution in [-0.4, -0.2) is 53.4 Å². The van der Waals surface area contributed by atoms with E-state index in [4.69, 9.17) is 9.47 Å².